The fourth-order valence-electron chi connectivity index (χ4n) is 2.83. The van der Waals surface area contributed by atoms with Crippen molar-refractivity contribution in [1.29, 1.82) is 0 Å². The lowest BCUT2D eigenvalue weighted by Crippen LogP contribution is -2.25. The molecule has 1 fully saturated rings. The lowest BCUT2D eigenvalue weighted by Gasteiger charge is -2.10. The second-order valence-electron chi connectivity index (χ2n) is 6.03. The van der Waals surface area contributed by atoms with Crippen LogP contribution in [-0.2, 0) is 22.6 Å². The van der Waals surface area contributed by atoms with Gasteiger partial charge in [0.1, 0.15) is 0 Å². The number of nitrogens with zero attached hydrogens (tertiary/aromatic N) is 4. The van der Waals surface area contributed by atoms with Crippen molar-refractivity contribution in [1.82, 2.24) is 25.5 Å². The zero-order valence-corrected chi connectivity index (χ0v) is 14.9. The van der Waals surface area contributed by atoms with Crippen LogP contribution in [0.15, 0.2) is 23.4 Å². The van der Waals surface area contributed by atoms with E-state index in [1.54, 1.807) is 4.68 Å². The number of nitrogens with one attached hydrogen (secondary N) is 1. The minimum atomic E-state index is -0.0840. The molecule has 26 heavy (non-hydrogen) atoms. The van der Waals surface area contributed by atoms with Gasteiger partial charge in [-0.2, -0.15) is 0 Å². The van der Waals surface area contributed by atoms with Crippen molar-refractivity contribution in [3.63, 3.8) is 0 Å². The number of aromatic nitrogens is 4. The molecule has 0 saturated carbocycles. The fourth-order valence-corrected chi connectivity index (χ4v) is 3.54. The minimum Gasteiger partial charge on any atom is -0.454 e. The van der Waals surface area contributed by atoms with E-state index in [9.17, 15) is 4.79 Å². The van der Waals surface area contributed by atoms with Crippen molar-refractivity contribution in [2.24, 2.45) is 0 Å². The first kappa shape index (κ1) is 17.1. The maximum Gasteiger partial charge on any atom is 0.231 e. The first-order valence-electron chi connectivity index (χ1n) is 8.44. The summed E-state index contributed by atoms with van der Waals surface area (Å²) in [4.78, 5) is 12.1. The van der Waals surface area contributed by atoms with Gasteiger partial charge < -0.3 is 19.5 Å². The van der Waals surface area contributed by atoms with Crippen LogP contribution < -0.4 is 14.8 Å². The maximum absolute atomic E-state index is 12.1. The molecular weight excluding hydrogens is 358 g/mol. The SMILES string of the molecule is O=C(CSc1nnnn1CC1CCCO1)NCc1ccc2c(c1)OCO2. The third-order valence-corrected chi connectivity index (χ3v) is 5.12. The Morgan fingerprint density at radius 3 is 3.15 bits per heavy atom. The molecule has 1 N–H and O–H groups in total. The Balaban J connectivity index is 1.25. The maximum atomic E-state index is 12.1. The summed E-state index contributed by atoms with van der Waals surface area (Å²) in [6.07, 6.45) is 2.23. The predicted octanol–water partition coefficient (Wildman–Crippen LogP) is 0.989. The number of rotatable bonds is 7. The van der Waals surface area contributed by atoms with E-state index in [1.807, 2.05) is 18.2 Å². The van der Waals surface area contributed by atoms with Gasteiger partial charge in [0.15, 0.2) is 11.5 Å². The number of benzene rings is 1. The number of hydrogen-bond acceptors (Lipinski definition) is 8. The molecule has 10 heteroatoms. The van der Waals surface area contributed by atoms with E-state index in [2.05, 4.69) is 20.8 Å². The number of tetrazole rings is 1. The molecule has 2 aliphatic heterocycles. The van der Waals surface area contributed by atoms with Gasteiger partial charge in [0.2, 0.25) is 17.9 Å². The number of thioether (sulfide) groups is 1. The summed E-state index contributed by atoms with van der Waals surface area (Å²) < 4.78 is 17.9. The summed E-state index contributed by atoms with van der Waals surface area (Å²) >= 11 is 1.31. The van der Waals surface area contributed by atoms with Gasteiger partial charge in [-0.15, -0.1) is 5.10 Å². The van der Waals surface area contributed by atoms with Crippen molar-refractivity contribution in [2.45, 2.75) is 37.2 Å². The van der Waals surface area contributed by atoms with Gasteiger partial charge in [-0.3, -0.25) is 4.79 Å². The molecule has 4 rings (SSSR count). The third kappa shape index (κ3) is 4.07. The first-order valence-corrected chi connectivity index (χ1v) is 9.42. The molecule has 0 spiro atoms. The van der Waals surface area contributed by atoms with Crippen LogP contribution in [0.1, 0.15) is 18.4 Å². The lowest BCUT2D eigenvalue weighted by molar-refractivity contribution is -0.118. The van der Waals surface area contributed by atoms with E-state index in [0.717, 1.165) is 30.8 Å². The van der Waals surface area contributed by atoms with Gasteiger partial charge in [0.05, 0.1) is 18.4 Å². The number of carbonyl (C=O) groups excluding carboxylic acids is 1. The quantitative estimate of drug-likeness (QED) is 0.713. The molecule has 2 aliphatic rings. The Kier molecular flexibility index (Phi) is 5.21. The van der Waals surface area contributed by atoms with Crippen molar-refractivity contribution in [3.8, 4) is 11.5 Å². The Bertz CT molecular complexity index is 778. The third-order valence-electron chi connectivity index (χ3n) is 4.16. The lowest BCUT2D eigenvalue weighted by atomic mass is 10.2. The molecule has 138 valence electrons. The van der Waals surface area contributed by atoms with Crippen molar-refractivity contribution < 1.29 is 19.0 Å². The molecule has 0 aliphatic carbocycles. The highest BCUT2D eigenvalue weighted by Gasteiger charge is 2.19. The molecule has 0 radical (unpaired) electrons. The van der Waals surface area contributed by atoms with E-state index in [0.29, 0.717) is 24.0 Å². The molecule has 1 unspecified atom stereocenters. The topological polar surface area (TPSA) is 100 Å². The van der Waals surface area contributed by atoms with E-state index in [1.165, 1.54) is 11.8 Å². The Morgan fingerprint density at radius 2 is 2.27 bits per heavy atom. The summed E-state index contributed by atoms with van der Waals surface area (Å²) in [6.45, 7) is 2.07. The van der Waals surface area contributed by atoms with Gasteiger partial charge in [-0.25, -0.2) is 4.68 Å². The smallest absolute Gasteiger partial charge is 0.231 e. The zero-order chi connectivity index (χ0) is 17.8. The highest BCUT2D eigenvalue weighted by molar-refractivity contribution is 7.99. The zero-order valence-electron chi connectivity index (χ0n) is 14.1. The Hall–Kier alpha value is -2.33. The van der Waals surface area contributed by atoms with Crippen LogP contribution in [-0.4, -0.2) is 51.4 Å². The highest BCUT2D eigenvalue weighted by Crippen LogP contribution is 2.32. The predicted molar refractivity (Wildman–Crippen MR) is 91.9 cm³/mol. The molecule has 1 aromatic carbocycles. The Labute approximate surface area is 154 Å². The van der Waals surface area contributed by atoms with Crippen LogP contribution in [0.5, 0.6) is 11.5 Å². The number of hydrogen-bond donors (Lipinski definition) is 1. The second kappa shape index (κ2) is 7.92. The fraction of sp³-hybridized carbons (Fsp3) is 0.500. The number of amides is 1. The van der Waals surface area contributed by atoms with Crippen LogP contribution >= 0.6 is 11.8 Å². The number of ether oxygens (including phenoxy) is 3. The standard InChI is InChI=1S/C16H19N5O4S/c22-15(17-7-11-3-4-13-14(6-11)25-10-24-13)9-26-16-18-19-20-21(16)8-12-2-1-5-23-12/h3-4,6,12H,1-2,5,7-10H2,(H,17,22). The molecule has 0 bridgehead atoms. The van der Waals surface area contributed by atoms with Crippen LogP contribution in [0.4, 0.5) is 0 Å². The van der Waals surface area contributed by atoms with Crippen LogP contribution in [0.3, 0.4) is 0 Å². The van der Waals surface area contributed by atoms with Crippen molar-refractivity contribution in [2.75, 3.05) is 19.2 Å². The summed E-state index contributed by atoms with van der Waals surface area (Å²) in [7, 11) is 0. The van der Waals surface area contributed by atoms with Gasteiger partial charge in [0.25, 0.3) is 0 Å². The van der Waals surface area contributed by atoms with Crippen LogP contribution in [0.2, 0.25) is 0 Å². The molecule has 9 nitrogen and oxygen atoms in total. The summed E-state index contributed by atoms with van der Waals surface area (Å²) in [5.41, 5.74) is 0.954. The summed E-state index contributed by atoms with van der Waals surface area (Å²) in [5, 5.41) is 15.2. The monoisotopic (exact) mass is 377 g/mol. The Morgan fingerprint density at radius 1 is 1.35 bits per heavy atom. The van der Waals surface area contributed by atoms with E-state index >= 15 is 0 Å². The average molecular weight is 377 g/mol. The number of fused-ring (bicyclic) bond motifs is 1. The molecule has 1 saturated heterocycles. The highest BCUT2D eigenvalue weighted by atomic mass is 32.2. The largest absolute Gasteiger partial charge is 0.454 e. The molecule has 1 amide bonds. The van der Waals surface area contributed by atoms with Gasteiger partial charge >= 0.3 is 0 Å². The molecular formula is C16H19N5O4S. The number of carbonyl (C=O) groups is 1. The van der Waals surface area contributed by atoms with Gasteiger partial charge in [-0.05, 0) is 41.0 Å². The van der Waals surface area contributed by atoms with Crippen molar-refractivity contribution >= 4 is 17.7 Å². The molecule has 2 aromatic rings. The van der Waals surface area contributed by atoms with Gasteiger partial charge in [-0.1, -0.05) is 17.8 Å². The minimum absolute atomic E-state index is 0.0840. The molecule has 3 heterocycles. The van der Waals surface area contributed by atoms with Crippen LogP contribution in [0, 0.1) is 0 Å². The van der Waals surface area contributed by atoms with Gasteiger partial charge in [0, 0.05) is 13.2 Å². The molecule has 1 atom stereocenters. The molecule has 1 aromatic heterocycles. The van der Waals surface area contributed by atoms with E-state index in [4.69, 9.17) is 14.2 Å². The van der Waals surface area contributed by atoms with E-state index in [-0.39, 0.29) is 24.6 Å². The van der Waals surface area contributed by atoms with Crippen LogP contribution in [0.25, 0.3) is 0 Å². The van der Waals surface area contributed by atoms with Crippen molar-refractivity contribution in [3.05, 3.63) is 23.8 Å². The van der Waals surface area contributed by atoms with E-state index < -0.39 is 0 Å². The average Bonchev–Trinajstić information content (AvgIpc) is 3.40. The summed E-state index contributed by atoms with van der Waals surface area (Å²) in [5.74, 6) is 1.60. The second-order valence-corrected chi connectivity index (χ2v) is 6.97. The normalized spacial score (nSPS) is 18.2. The first-order chi connectivity index (χ1) is 12.8. The summed E-state index contributed by atoms with van der Waals surface area (Å²) in [6, 6.07) is 5.62.